The first kappa shape index (κ1) is 12.4. The zero-order chi connectivity index (χ0) is 11.3. The lowest BCUT2D eigenvalue weighted by atomic mass is 9.95. The van der Waals surface area contributed by atoms with Crippen LogP contribution in [-0.4, -0.2) is 11.8 Å². The Morgan fingerprint density at radius 1 is 1.47 bits per heavy atom. The molecule has 0 radical (unpaired) electrons. The molecule has 1 rings (SSSR count). The summed E-state index contributed by atoms with van der Waals surface area (Å²) >= 11 is 1.57. The molecule has 0 aliphatic rings. The standard InChI is InChI=1S/C12H19NOS/c1-9(4-3-5-10(2)13)12(14)11-6-7-15-8-11/h6-10H,3-5,13H2,1-2H3. The minimum atomic E-state index is 0.123. The third-order valence-corrected chi connectivity index (χ3v) is 3.23. The van der Waals surface area contributed by atoms with Crippen molar-refractivity contribution < 1.29 is 4.79 Å². The fraction of sp³-hybridized carbons (Fsp3) is 0.583. The van der Waals surface area contributed by atoms with Gasteiger partial charge in [0.25, 0.3) is 0 Å². The number of rotatable bonds is 6. The van der Waals surface area contributed by atoms with Gasteiger partial charge in [-0.2, -0.15) is 11.3 Å². The van der Waals surface area contributed by atoms with Crippen LogP contribution in [0.15, 0.2) is 16.8 Å². The predicted octanol–water partition coefficient (Wildman–Crippen LogP) is 3.08. The molecule has 0 aliphatic heterocycles. The van der Waals surface area contributed by atoms with Crippen LogP contribution in [0.4, 0.5) is 0 Å². The zero-order valence-electron chi connectivity index (χ0n) is 9.40. The fourth-order valence-electron chi connectivity index (χ4n) is 1.57. The van der Waals surface area contributed by atoms with E-state index in [2.05, 4.69) is 0 Å². The monoisotopic (exact) mass is 225 g/mol. The molecule has 3 heteroatoms. The van der Waals surface area contributed by atoms with Crippen LogP contribution in [0, 0.1) is 5.92 Å². The van der Waals surface area contributed by atoms with Crippen LogP contribution in [0.2, 0.25) is 0 Å². The Morgan fingerprint density at radius 3 is 2.73 bits per heavy atom. The van der Waals surface area contributed by atoms with Gasteiger partial charge in [0, 0.05) is 22.9 Å². The fourth-order valence-corrected chi connectivity index (χ4v) is 2.21. The topological polar surface area (TPSA) is 43.1 Å². The second-order valence-electron chi connectivity index (χ2n) is 4.19. The van der Waals surface area contributed by atoms with Crippen molar-refractivity contribution in [2.24, 2.45) is 11.7 Å². The van der Waals surface area contributed by atoms with Crippen LogP contribution >= 0.6 is 11.3 Å². The van der Waals surface area contributed by atoms with Gasteiger partial charge in [0.2, 0.25) is 0 Å². The first-order chi connectivity index (χ1) is 7.11. The molecule has 2 N–H and O–H groups in total. The largest absolute Gasteiger partial charge is 0.328 e. The van der Waals surface area contributed by atoms with E-state index in [0.29, 0.717) is 0 Å². The number of hydrogen-bond donors (Lipinski definition) is 1. The summed E-state index contributed by atoms with van der Waals surface area (Å²) in [7, 11) is 0. The molecule has 0 spiro atoms. The summed E-state index contributed by atoms with van der Waals surface area (Å²) in [5.41, 5.74) is 6.52. The Balaban J connectivity index is 2.34. The molecule has 2 unspecified atom stereocenters. The highest BCUT2D eigenvalue weighted by Crippen LogP contribution is 2.17. The van der Waals surface area contributed by atoms with E-state index >= 15 is 0 Å². The lowest BCUT2D eigenvalue weighted by molar-refractivity contribution is 0.0922. The number of Topliss-reactive ketones (excluding diaryl/α,β-unsaturated/α-hetero) is 1. The Bertz CT molecular complexity index is 293. The third kappa shape index (κ3) is 4.14. The molecule has 2 nitrogen and oxygen atoms in total. The van der Waals surface area contributed by atoms with Gasteiger partial charge in [0.1, 0.15) is 0 Å². The molecule has 0 bridgehead atoms. The van der Waals surface area contributed by atoms with Gasteiger partial charge in [0.05, 0.1) is 0 Å². The van der Waals surface area contributed by atoms with Crippen molar-refractivity contribution in [3.63, 3.8) is 0 Å². The van der Waals surface area contributed by atoms with E-state index in [4.69, 9.17) is 5.73 Å². The summed E-state index contributed by atoms with van der Waals surface area (Å²) < 4.78 is 0. The Labute approximate surface area is 95.5 Å². The molecule has 1 aromatic heterocycles. The summed E-state index contributed by atoms with van der Waals surface area (Å²) in [6, 6.07) is 2.14. The van der Waals surface area contributed by atoms with Gasteiger partial charge in [-0.25, -0.2) is 0 Å². The maximum Gasteiger partial charge on any atom is 0.166 e. The van der Waals surface area contributed by atoms with Crippen LogP contribution in [0.3, 0.4) is 0 Å². The molecule has 1 heterocycles. The minimum absolute atomic E-state index is 0.123. The molecule has 0 aliphatic carbocycles. The second-order valence-corrected chi connectivity index (χ2v) is 4.97. The molecule has 84 valence electrons. The quantitative estimate of drug-likeness (QED) is 0.756. The molecule has 2 atom stereocenters. The van der Waals surface area contributed by atoms with Crippen molar-refractivity contribution in [3.05, 3.63) is 22.4 Å². The number of nitrogens with two attached hydrogens (primary N) is 1. The van der Waals surface area contributed by atoms with Crippen molar-refractivity contribution in [3.8, 4) is 0 Å². The normalized spacial score (nSPS) is 14.9. The van der Waals surface area contributed by atoms with E-state index in [1.807, 2.05) is 30.7 Å². The van der Waals surface area contributed by atoms with Crippen molar-refractivity contribution in [2.75, 3.05) is 0 Å². The van der Waals surface area contributed by atoms with Crippen molar-refractivity contribution in [2.45, 2.75) is 39.2 Å². The lowest BCUT2D eigenvalue weighted by Gasteiger charge is -2.10. The van der Waals surface area contributed by atoms with Gasteiger partial charge in [-0.3, -0.25) is 4.79 Å². The maximum absolute atomic E-state index is 11.9. The third-order valence-electron chi connectivity index (χ3n) is 2.55. The molecular weight excluding hydrogens is 206 g/mol. The SMILES string of the molecule is CC(N)CCCC(C)C(=O)c1ccsc1. The highest BCUT2D eigenvalue weighted by molar-refractivity contribution is 7.08. The van der Waals surface area contributed by atoms with Crippen molar-refractivity contribution >= 4 is 17.1 Å². The molecule has 0 aromatic carbocycles. The average molecular weight is 225 g/mol. The van der Waals surface area contributed by atoms with Gasteiger partial charge < -0.3 is 5.73 Å². The van der Waals surface area contributed by atoms with Gasteiger partial charge in [0.15, 0.2) is 5.78 Å². The van der Waals surface area contributed by atoms with Crippen LogP contribution < -0.4 is 5.73 Å². The van der Waals surface area contributed by atoms with E-state index in [9.17, 15) is 4.79 Å². The minimum Gasteiger partial charge on any atom is -0.328 e. The van der Waals surface area contributed by atoms with Gasteiger partial charge in [-0.1, -0.05) is 13.3 Å². The van der Waals surface area contributed by atoms with E-state index in [-0.39, 0.29) is 17.7 Å². The molecule has 0 saturated heterocycles. The average Bonchev–Trinajstić information content (AvgIpc) is 2.68. The molecule has 0 amide bonds. The molecule has 0 saturated carbocycles. The highest BCUT2D eigenvalue weighted by atomic mass is 32.1. The first-order valence-corrected chi connectivity index (χ1v) is 6.37. The second kappa shape index (κ2) is 6.03. The summed E-state index contributed by atoms with van der Waals surface area (Å²) in [6.07, 6.45) is 2.98. The summed E-state index contributed by atoms with van der Waals surface area (Å²) in [5, 5.41) is 3.87. The number of carbonyl (C=O) groups is 1. The zero-order valence-corrected chi connectivity index (χ0v) is 10.2. The van der Waals surface area contributed by atoms with Crippen LogP contribution in [0.1, 0.15) is 43.5 Å². The van der Waals surface area contributed by atoms with Crippen LogP contribution in [-0.2, 0) is 0 Å². The number of thiophene rings is 1. The number of ketones is 1. The lowest BCUT2D eigenvalue weighted by Crippen LogP contribution is -2.16. The predicted molar refractivity (Wildman–Crippen MR) is 65.3 cm³/mol. The Kier molecular flexibility index (Phi) is 4.99. The first-order valence-electron chi connectivity index (χ1n) is 5.43. The highest BCUT2D eigenvalue weighted by Gasteiger charge is 2.14. The van der Waals surface area contributed by atoms with E-state index in [1.54, 1.807) is 11.3 Å². The maximum atomic E-state index is 11.9. The molecule has 1 aromatic rings. The van der Waals surface area contributed by atoms with Gasteiger partial charge >= 0.3 is 0 Å². The van der Waals surface area contributed by atoms with E-state index < -0.39 is 0 Å². The summed E-state index contributed by atoms with van der Waals surface area (Å²) in [6.45, 7) is 4.01. The summed E-state index contributed by atoms with van der Waals surface area (Å²) in [5.74, 6) is 0.388. The number of carbonyl (C=O) groups excluding carboxylic acids is 1. The molecular formula is C12H19NOS. The van der Waals surface area contributed by atoms with Crippen LogP contribution in [0.25, 0.3) is 0 Å². The van der Waals surface area contributed by atoms with E-state index in [1.165, 1.54) is 0 Å². The smallest absolute Gasteiger partial charge is 0.166 e. The van der Waals surface area contributed by atoms with E-state index in [0.717, 1.165) is 24.8 Å². The molecule has 0 fully saturated rings. The van der Waals surface area contributed by atoms with Gasteiger partial charge in [-0.15, -0.1) is 0 Å². The number of hydrogen-bond acceptors (Lipinski definition) is 3. The van der Waals surface area contributed by atoms with Crippen molar-refractivity contribution in [1.29, 1.82) is 0 Å². The summed E-state index contributed by atoms with van der Waals surface area (Å²) in [4.78, 5) is 11.9. The Morgan fingerprint density at radius 2 is 2.20 bits per heavy atom. The van der Waals surface area contributed by atoms with Gasteiger partial charge in [-0.05, 0) is 31.2 Å². The van der Waals surface area contributed by atoms with Crippen LogP contribution in [0.5, 0.6) is 0 Å². The van der Waals surface area contributed by atoms with Crippen molar-refractivity contribution in [1.82, 2.24) is 0 Å². The Hall–Kier alpha value is -0.670. The molecule has 15 heavy (non-hydrogen) atoms.